The number of hydrogen-bond acceptors (Lipinski definition) is 8. The largest absolute Gasteiger partial charge is 0.477 e. The van der Waals surface area contributed by atoms with Gasteiger partial charge in [0.05, 0.1) is 19.8 Å². The average molecular weight is 431 g/mol. The molecule has 5 heterocycles. The number of nitrogens with zero attached hydrogens (tertiary/aromatic N) is 4. The van der Waals surface area contributed by atoms with Gasteiger partial charge in [-0.05, 0) is 30.9 Å². The van der Waals surface area contributed by atoms with Crippen LogP contribution in [0.3, 0.4) is 0 Å². The van der Waals surface area contributed by atoms with Crippen LogP contribution in [0, 0.1) is 0 Å². The van der Waals surface area contributed by atoms with E-state index < -0.39 is 5.97 Å². The normalized spacial score (nSPS) is 21.5. The lowest BCUT2D eigenvalue weighted by atomic mass is 9.85. The molecule has 2 saturated heterocycles. The highest BCUT2D eigenvalue weighted by Crippen LogP contribution is 2.45. The van der Waals surface area contributed by atoms with Crippen LogP contribution in [0.5, 0.6) is 0 Å². The van der Waals surface area contributed by atoms with Crippen LogP contribution in [0.2, 0.25) is 0 Å². The highest BCUT2D eigenvalue weighted by molar-refractivity contribution is 7.14. The molecule has 3 aliphatic heterocycles. The lowest BCUT2D eigenvalue weighted by Crippen LogP contribution is -2.45. The number of likely N-dealkylation sites (tertiary alicyclic amines) is 1. The molecule has 8 nitrogen and oxygen atoms in total. The van der Waals surface area contributed by atoms with Gasteiger partial charge in [0.1, 0.15) is 10.5 Å². The van der Waals surface area contributed by atoms with Crippen LogP contribution in [0.25, 0.3) is 0 Å². The van der Waals surface area contributed by atoms with Gasteiger partial charge in [-0.25, -0.2) is 14.8 Å². The van der Waals surface area contributed by atoms with Gasteiger partial charge in [0, 0.05) is 55.6 Å². The zero-order valence-corrected chi connectivity index (χ0v) is 17.7. The van der Waals surface area contributed by atoms with E-state index in [1.165, 1.54) is 11.3 Å². The third-order valence-corrected chi connectivity index (χ3v) is 7.59. The minimum absolute atomic E-state index is 0.320. The predicted molar refractivity (Wildman–Crippen MR) is 112 cm³/mol. The number of aromatic carboxylic acids is 1. The maximum atomic E-state index is 11.4. The van der Waals surface area contributed by atoms with Gasteiger partial charge in [0.2, 0.25) is 5.95 Å². The summed E-state index contributed by atoms with van der Waals surface area (Å²) in [4.78, 5) is 26.6. The Morgan fingerprint density at radius 2 is 1.87 bits per heavy atom. The summed E-state index contributed by atoms with van der Waals surface area (Å²) in [6.07, 6.45) is 6.42. The molecule has 160 valence electrons. The molecule has 0 unspecified atom stereocenters. The number of morpholine rings is 1. The maximum Gasteiger partial charge on any atom is 0.345 e. The van der Waals surface area contributed by atoms with E-state index in [0.717, 1.165) is 87.2 Å². The Kier molecular flexibility index (Phi) is 5.44. The van der Waals surface area contributed by atoms with Gasteiger partial charge in [-0.1, -0.05) is 0 Å². The lowest BCUT2D eigenvalue weighted by Gasteiger charge is -2.43. The van der Waals surface area contributed by atoms with Gasteiger partial charge in [-0.2, -0.15) is 0 Å². The maximum absolute atomic E-state index is 11.4. The van der Waals surface area contributed by atoms with Crippen LogP contribution in [0.1, 0.15) is 38.5 Å². The topological polar surface area (TPSA) is 88.0 Å². The Morgan fingerprint density at radius 1 is 1.13 bits per heavy atom. The van der Waals surface area contributed by atoms with Crippen molar-refractivity contribution in [3.05, 3.63) is 39.3 Å². The molecule has 2 fully saturated rings. The summed E-state index contributed by atoms with van der Waals surface area (Å²) in [7, 11) is 0. The van der Waals surface area contributed by atoms with Crippen LogP contribution in [0.15, 0.2) is 18.5 Å². The summed E-state index contributed by atoms with van der Waals surface area (Å²) in [6, 6.07) is 1.84. The number of aromatic nitrogens is 2. The number of ether oxygens (including phenoxy) is 2. The zero-order chi connectivity index (χ0) is 20.6. The molecule has 2 aromatic heterocycles. The third-order valence-electron chi connectivity index (χ3n) is 6.24. The van der Waals surface area contributed by atoms with Gasteiger partial charge in [0.15, 0.2) is 0 Å². The van der Waals surface area contributed by atoms with Crippen LogP contribution >= 0.6 is 11.3 Å². The number of rotatable bonds is 4. The number of anilines is 1. The van der Waals surface area contributed by atoms with Crippen molar-refractivity contribution >= 4 is 23.3 Å². The Morgan fingerprint density at radius 3 is 2.57 bits per heavy atom. The fourth-order valence-corrected chi connectivity index (χ4v) is 5.84. The van der Waals surface area contributed by atoms with Crippen molar-refractivity contribution in [3.8, 4) is 0 Å². The fraction of sp³-hybridized carbons (Fsp3) is 0.571. The quantitative estimate of drug-likeness (QED) is 0.789. The molecular formula is C21H26N4O4S. The van der Waals surface area contributed by atoms with Crippen molar-refractivity contribution in [1.29, 1.82) is 0 Å². The summed E-state index contributed by atoms with van der Waals surface area (Å²) < 4.78 is 11.6. The predicted octanol–water partition coefficient (Wildman–Crippen LogP) is 2.14. The molecular weight excluding hydrogens is 404 g/mol. The average Bonchev–Trinajstić information content (AvgIpc) is 3.23. The number of thiophene rings is 1. The summed E-state index contributed by atoms with van der Waals surface area (Å²) in [5.74, 6) is -0.0720. The number of hydrogen-bond donors (Lipinski definition) is 1. The highest BCUT2D eigenvalue weighted by Gasteiger charge is 2.42. The van der Waals surface area contributed by atoms with Gasteiger partial charge >= 0.3 is 5.97 Å². The SMILES string of the molecule is O=C(O)c1cc2c(s1)C1(CCN(Cc3cnc(N4CCOCC4)nc3)CC1)OCC2. The lowest BCUT2D eigenvalue weighted by molar-refractivity contribution is -0.0960. The first-order valence-electron chi connectivity index (χ1n) is 10.5. The third kappa shape index (κ3) is 3.82. The fourth-order valence-electron chi connectivity index (χ4n) is 4.59. The molecule has 0 saturated carbocycles. The van der Waals surface area contributed by atoms with Crippen molar-refractivity contribution in [2.45, 2.75) is 31.4 Å². The monoisotopic (exact) mass is 430 g/mol. The molecule has 1 spiro atoms. The van der Waals surface area contributed by atoms with Crippen LogP contribution in [0.4, 0.5) is 5.95 Å². The molecule has 2 aromatic rings. The van der Waals surface area contributed by atoms with Gasteiger partial charge in [0.25, 0.3) is 0 Å². The van der Waals surface area contributed by atoms with E-state index in [1.807, 2.05) is 18.5 Å². The molecule has 0 amide bonds. The number of piperidine rings is 1. The van der Waals surface area contributed by atoms with Crippen molar-refractivity contribution in [1.82, 2.24) is 14.9 Å². The molecule has 3 aliphatic rings. The van der Waals surface area contributed by atoms with E-state index in [4.69, 9.17) is 9.47 Å². The number of carboxylic acids is 1. The Balaban J connectivity index is 1.22. The van der Waals surface area contributed by atoms with Gasteiger partial charge in [-0.3, -0.25) is 4.90 Å². The number of carbonyl (C=O) groups is 1. The van der Waals surface area contributed by atoms with Crippen LogP contribution in [-0.4, -0.2) is 71.9 Å². The first-order valence-corrected chi connectivity index (χ1v) is 11.3. The van der Waals surface area contributed by atoms with Crippen LogP contribution in [-0.2, 0) is 28.0 Å². The van der Waals surface area contributed by atoms with Crippen molar-refractivity contribution in [3.63, 3.8) is 0 Å². The van der Waals surface area contributed by atoms with Crippen molar-refractivity contribution in [2.24, 2.45) is 0 Å². The first kappa shape index (κ1) is 19.9. The zero-order valence-electron chi connectivity index (χ0n) is 16.9. The van der Waals surface area contributed by atoms with E-state index in [0.29, 0.717) is 11.5 Å². The molecule has 0 aliphatic carbocycles. The summed E-state index contributed by atoms with van der Waals surface area (Å²) in [5.41, 5.74) is 1.95. The van der Waals surface area contributed by atoms with E-state index in [9.17, 15) is 9.90 Å². The van der Waals surface area contributed by atoms with E-state index >= 15 is 0 Å². The minimum atomic E-state index is -0.845. The molecule has 1 N–H and O–H groups in total. The second-order valence-corrected chi connectivity index (χ2v) is 9.18. The minimum Gasteiger partial charge on any atom is -0.477 e. The van der Waals surface area contributed by atoms with Gasteiger partial charge in [-0.15, -0.1) is 11.3 Å². The Bertz CT molecular complexity index is 902. The Labute approximate surface area is 179 Å². The van der Waals surface area contributed by atoms with Crippen LogP contribution < -0.4 is 4.90 Å². The molecule has 0 atom stereocenters. The summed E-state index contributed by atoms with van der Waals surface area (Å²) in [5, 5.41) is 9.37. The number of fused-ring (bicyclic) bond motifs is 2. The highest BCUT2D eigenvalue weighted by atomic mass is 32.1. The van der Waals surface area contributed by atoms with Gasteiger partial charge < -0.3 is 19.5 Å². The standard InChI is InChI=1S/C21H26N4O4S/c26-19(27)17-11-16-1-8-29-21(18(16)30-17)2-4-24(5-3-21)14-15-12-22-20(23-13-15)25-6-9-28-10-7-25/h11-13H,1-10,14H2,(H,26,27). The smallest absolute Gasteiger partial charge is 0.345 e. The molecule has 0 bridgehead atoms. The van der Waals surface area contributed by atoms with E-state index in [2.05, 4.69) is 19.8 Å². The molecule has 9 heteroatoms. The second-order valence-electron chi connectivity index (χ2n) is 8.13. The first-order chi connectivity index (χ1) is 14.6. The molecule has 0 radical (unpaired) electrons. The van der Waals surface area contributed by atoms with Crippen molar-refractivity contribution < 1.29 is 19.4 Å². The molecule has 30 heavy (non-hydrogen) atoms. The molecule has 0 aromatic carbocycles. The summed E-state index contributed by atoms with van der Waals surface area (Å²) >= 11 is 1.39. The Hall–Kier alpha value is -2.07. The number of carboxylic acid groups (broad SMARTS) is 1. The van der Waals surface area contributed by atoms with E-state index in [1.54, 1.807) is 0 Å². The van der Waals surface area contributed by atoms with E-state index in [-0.39, 0.29) is 5.60 Å². The van der Waals surface area contributed by atoms with Crippen molar-refractivity contribution in [2.75, 3.05) is 50.9 Å². The summed E-state index contributed by atoms with van der Waals surface area (Å²) in [6.45, 7) is 6.42. The second kappa shape index (κ2) is 8.22. The molecule has 5 rings (SSSR count).